The highest BCUT2D eigenvalue weighted by molar-refractivity contribution is 5.71. The van der Waals surface area contributed by atoms with Gasteiger partial charge in [-0.3, -0.25) is 14.4 Å². The fourth-order valence-corrected chi connectivity index (χ4v) is 8.43. The van der Waals surface area contributed by atoms with Crippen LogP contribution in [-0.2, 0) is 28.6 Å². The van der Waals surface area contributed by atoms with Gasteiger partial charge in [0.05, 0.1) is 0 Å². The SMILES string of the molecule is CCCCC/C=C\C/C=C\C/C=C\C/C=C\CCCCCC(=O)OC[C@H](COC(=O)CCCCCCCCCCCCCCCCC)OC(=O)CCCCCCCCCCCCCCCCC. The third-order valence-electron chi connectivity index (χ3n) is 12.8. The van der Waals surface area contributed by atoms with Gasteiger partial charge in [-0.15, -0.1) is 0 Å². The van der Waals surface area contributed by atoms with Gasteiger partial charge in [0.1, 0.15) is 13.2 Å². The molecule has 0 aliphatic carbocycles. The zero-order chi connectivity index (χ0) is 48.6. The van der Waals surface area contributed by atoms with Crippen molar-refractivity contribution in [2.24, 2.45) is 0 Å². The molecule has 0 N–H and O–H groups in total. The van der Waals surface area contributed by atoms with Crippen molar-refractivity contribution < 1.29 is 28.6 Å². The molecule has 0 aliphatic rings. The van der Waals surface area contributed by atoms with Crippen molar-refractivity contribution in [3.63, 3.8) is 0 Å². The van der Waals surface area contributed by atoms with Crippen LogP contribution in [0.5, 0.6) is 0 Å². The van der Waals surface area contributed by atoms with E-state index in [0.717, 1.165) is 83.5 Å². The van der Waals surface area contributed by atoms with Crippen LogP contribution in [0.3, 0.4) is 0 Å². The molecule has 6 heteroatoms. The minimum atomic E-state index is -0.782. The van der Waals surface area contributed by atoms with Crippen molar-refractivity contribution in [1.29, 1.82) is 0 Å². The van der Waals surface area contributed by atoms with Gasteiger partial charge >= 0.3 is 17.9 Å². The first-order chi connectivity index (χ1) is 33.0. The first-order valence-corrected chi connectivity index (χ1v) is 29.1. The van der Waals surface area contributed by atoms with Gasteiger partial charge in [0.25, 0.3) is 0 Å². The van der Waals surface area contributed by atoms with E-state index in [2.05, 4.69) is 69.4 Å². The third-order valence-corrected chi connectivity index (χ3v) is 12.8. The molecule has 0 rings (SSSR count). The number of hydrogen-bond acceptors (Lipinski definition) is 6. The lowest BCUT2D eigenvalue weighted by Crippen LogP contribution is -2.30. The van der Waals surface area contributed by atoms with E-state index in [0.29, 0.717) is 19.3 Å². The molecule has 0 aromatic heterocycles. The minimum Gasteiger partial charge on any atom is -0.462 e. The molecule has 0 heterocycles. The smallest absolute Gasteiger partial charge is 0.306 e. The summed E-state index contributed by atoms with van der Waals surface area (Å²) >= 11 is 0. The van der Waals surface area contributed by atoms with Gasteiger partial charge in [0.2, 0.25) is 0 Å². The molecule has 0 saturated carbocycles. The number of rotatable bonds is 53. The van der Waals surface area contributed by atoms with Crippen LogP contribution in [0.2, 0.25) is 0 Å². The second-order valence-corrected chi connectivity index (χ2v) is 19.6. The van der Waals surface area contributed by atoms with E-state index in [1.165, 1.54) is 180 Å². The Morgan fingerprint density at radius 1 is 0.299 bits per heavy atom. The van der Waals surface area contributed by atoms with Crippen LogP contribution in [-0.4, -0.2) is 37.2 Å². The van der Waals surface area contributed by atoms with E-state index in [1.54, 1.807) is 0 Å². The van der Waals surface area contributed by atoms with E-state index in [4.69, 9.17) is 14.2 Å². The Hall–Kier alpha value is -2.63. The number of allylic oxidation sites excluding steroid dienone is 8. The third kappa shape index (κ3) is 54.2. The van der Waals surface area contributed by atoms with Crippen LogP contribution in [0.25, 0.3) is 0 Å². The molecule has 0 amide bonds. The van der Waals surface area contributed by atoms with Crippen molar-refractivity contribution >= 4 is 17.9 Å². The van der Waals surface area contributed by atoms with E-state index in [1.807, 2.05) is 0 Å². The quantitative estimate of drug-likeness (QED) is 0.0262. The van der Waals surface area contributed by atoms with E-state index in [9.17, 15) is 14.4 Å². The summed E-state index contributed by atoms with van der Waals surface area (Å²) in [6.07, 6.45) is 68.1. The fraction of sp³-hybridized carbons (Fsp3) is 0.820. The number of hydrogen-bond donors (Lipinski definition) is 0. The standard InChI is InChI=1S/C61H110O6/c1-4-7-10-13-16-19-22-25-28-29-30-31-34-36-39-42-45-48-51-54-60(63)66-57-58(67-61(64)55-52-49-46-43-40-37-33-27-24-21-18-15-12-9-6-3)56-65-59(62)53-50-47-44-41-38-35-32-26-23-20-17-14-11-8-5-2/h16,19,25,28,30-31,36,39,58H,4-15,17-18,20-24,26-27,29,32-35,37-38,40-57H2,1-3H3/b19-16-,28-25-,31-30-,39-36-/t58-/m0/s1. The van der Waals surface area contributed by atoms with Gasteiger partial charge in [-0.05, 0) is 64.2 Å². The fourth-order valence-electron chi connectivity index (χ4n) is 8.43. The lowest BCUT2D eigenvalue weighted by Gasteiger charge is -2.18. The van der Waals surface area contributed by atoms with Crippen LogP contribution in [0.1, 0.15) is 303 Å². The van der Waals surface area contributed by atoms with E-state index >= 15 is 0 Å². The van der Waals surface area contributed by atoms with Crippen LogP contribution in [0.4, 0.5) is 0 Å². The topological polar surface area (TPSA) is 78.9 Å². The first-order valence-electron chi connectivity index (χ1n) is 29.1. The van der Waals surface area contributed by atoms with Crippen molar-refractivity contribution in [3.05, 3.63) is 48.6 Å². The maximum atomic E-state index is 12.8. The van der Waals surface area contributed by atoms with Crippen LogP contribution in [0.15, 0.2) is 48.6 Å². The largest absolute Gasteiger partial charge is 0.462 e. The van der Waals surface area contributed by atoms with Crippen LogP contribution >= 0.6 is 0 Å². The number of carbonyl (C=O) groups excluding carboxylic acids is 3. The Balaban J connectivity index is 4.40. The highest BCUT2D eigenvalue weighted by Gasteiger charge is 2.19. The summed E-state index contributed by atoms with van der Waals surface area (Å²) in [5, 5.41) is 0. The van der Waals surface area contributed by atoms with Crippen molar-refractivity contribution in [2.75, 3.05) is 13.2 Å². The Bertz CT molecular complexity index is 1170. The molecule has 0 unspecified atom stereocenters. The zero-order valence-electron chi connectivity index (χ0n) is 44.7. The highest BCUT2D eigenvalue weighted by Crippen LogP contribution is 2.16. The summed E-state index contributed by atoms with van der Waals surface area (Å²) in [6.45, 7) is 6.62. The molecule has 0 bridgehead atoms. The summed E-state index contributed by atoms with van der Waals surface area (Å²) < 4.78 is 16.9. The first kappa shape index (κ1) is 64.4. The number of unbranched alkanes of at least 4 members (excludes halogenated alkanes) is 34. The second kappa shape index (κ2) is 56.0. The molecule has 0 spiro atoms. The number of carbonyl (C=O) groups is 3. The molecule has 0 aromatic carbocycles. The van der Waals surface area contributed by atoms with E-state index < -0.39 is 6.10 Å². The summed E-state index contributed by atoms with van der Waals surface area (Å²) in [5.74, 6) is -0.894. The lowest BCUT2D eigenvalue weighted by molar-refractivity contribution is -0.167. The van der Waals surface area contributed by atoms with Crippen molar-refractivity contribution in [2.45, 2.75) is 309 Å². The molecule has 0 aliphatic heterocycles. The van der Waals surface area contributed by atoms with Gasteiger partial charge in [-0.25, -0.2) is 0 Å². The van der Waals surface area contributed by atoms with Crippen molar-refractivity contribution in [1.82, 2.24) is 0 Å². The summed E-state index contributed by atoms with van der Waals surface area (Å²) in [6, 6.07) is 0. The van der Waals surface area contributed by atoms with Gasteiger partial charge in [-0.2, -0.15) is 0 Å². The summed E-state index contributed by atoms with van der Waals surface area (Å²) in [5.41, 5.74) is 0. The molecule has 0 saturated heterocycles. The average molecular weight is 940 g/mol. The molecule has 6 nitrogen and oxygen atoms in total. The average Bonchev–Trinajstić information content (AvgIpc) is 3.33. The Morgan fingerprint density at radius 3 is 0.866 bits per heavy atom. The molecular weight excluding hydrogens is 829 g/mol. The molecule has 1 atom stereocenters. The zero-order valence-corrected chi connectivity index (χ0v) is 44.7. The Kier molecular flexibility index (Phi) is 53.8. The van der Waals surface area contributed by atoms with Gasteiger partial charge < -0.3 is 14.2 Å². The maximum absolute atomic E-state index is 12.8. The second-order valence-electron chi connectivity index (χ2n) is 19.6. The van der Waals surface area contributed by atoms with E-state index in [-0.39, 0.29) is 31.1 Å². The normalized spacial score (nSPS) is 12.3. The van der Waals surface area contributed by atoms with Gasteiger partial charge in [0, 0.05) is 19.3 Å². The van der Waals surface area contributed by atoms with Gasteiger partial charge in [-0.1, -0.05) is 268 Å². The van der Waals surface area contributed by atoms with Crippen LogP contribution in [0, 0.1) is 0 Å². The molecule has 0 radical (unpaired) electrons. The minimum absolute atomic E-state index is 0.0788. The Morgan fingerprint density at radius 2 is 0.537 bits per heavy atom. The molecular formula is C61H110O6. The number of esters is 3. The Labute approximate surface area is 416 Å². The maximum Gasteiger partial charge on any atom is 0.306 e. The lowest BCUT2D eigenvalue weighted by atomic mass is 10.0. The van der Waals surface area contributed by atoms with Crippen LogP contribution < -0.4 is 0 Å². The predicted molar refractivity (Wildman–Crippen MR) is 289 cm³/mol. The molecule has 0 fully saturated rings. The number of ether oxygens (including phenoxy) is 3. The molecule has 0 aromatic rings. The predicted octanol–water partition coefficient (Wildman–Crippen LogP) is 19.4. The summed E-state index contributed by atoms with van der Waals surface area (Å²) in [7, 11) is 0. The van der Waals surface area contributed by atoms with Gasteiger partial charge in [0.15, 0.2) is 6.10 Å². The summed E-state index contributed by atoms with van der Waals surface area (Å²) in [4.78, 5) is 38.1. The molecule has 390 valence electrons. The molecule has 67 heavy (non-hydrogen) atoms. The monoisotopic (exact) mass is 939 g/mol. The van der Waals surface area contributed by atoms with Crippen molar-refractivity contribution in [3.8, 4) is 0 Å². The highest BCUT2D eigenvalue weighted by atomic mass is 16.6.